The van der Waals surface area contributed by atoms with Crippen molar-refractivity contribution in [3.8, 4) is 0 Å². The molecule has 1 unspecified atom stereocenters. The van der Waals surface area contributed by atoms with Crippen molar-refractivity contribution in [2.75, 3.05) is 26.7 Å². The lowest BCUT2D eigenvalue weighted by molar-refractivity contribution is 0.159. The summed E-state index contributed by atoms with van der Waals surface area (Å²) in [5.41, 5.74) is 0. The van der Waals surface area contributed by atoms with E-state index in [1.807, 2.05) is 7.05 Å². The first kappa shape index (κ1) is 16.9. The van der Waals surface area contributed by atoms with E-state index in [0.29, 0.717) is 24.0 Å². The minimum Gasteiger partial charge on any atom is -0.310 e. The van der Waals surface area contributed by atoms with Crippen molar-refractivity contribution >= 4 is 21.4 Å². The van der Waals surface area contributed by atoms with Crippen molar-refractivity contribution in [1.29, 1.82) is 0 Å². The van der Waals surface area contributed by atoms with E-state index in [2.05, 4.69) is 31.0 Å². The van der Waals surface area contributed by atoms with Crippen LogP contribution < -0.4 is 5.32 Å². The molecular formula is C14H25N3O2S2. The van der Waals surface area contributed by atoms with Gasteiger partial charge in [-0.3, -0.25) is 0 Å². The minimum absolute atomic E-state index is 0.259. The molecule has 0 radical (unpaired) electrons. The summed E-state index contributed by atoms with van der Waals surface area (Å²) in [5, 5.41) is 5.07. The zero-order chi connectivity index (χ0) is 15.6. The van der Waals surface area contributed by atoms with E-state index < -0.39 is 10.0 Å². The largest absolute Gasteiger partial charge is 0.310 e. The quantitative estimate of drug-likeness (QED) is 0.890. The zero-order valence-electron chi connectivity index (χ0n) is 13.2. The van der Waals surface area contributed by atoms with Crippen LogP contribution in [0.3, 0.4) is 0 Å². The van der Waals surface area contributed by atoms with Gasteiger partial charge in [0.15, 0.2) is 0 Å². The van der Waals surface area contributed by atoms with Gasteiger partial charge in [0, 0.05) is 48.5 Å². The Morgan fingerprint density at radius 1 is 1.43 bits per heavy atom. The fraction of sp³-hybridized carbons (Fsp3) is 0.714. The monoisotopic (exact) mass is 331 g/mol. The van der Waals surface area contributed by atoms with E-state index in [9.17, 15) is 8.42 Å². The highest BCUT2D eigenvalue weighted by Gasteiger charge is 2.31. The maximum atomic E-state index is 12.7. The molecule has 21 heavy (non-hydrogen) atoms. The third-order valence-electron chi connectivity index (χ3n) is 3.87. The van der Waals surface area contributed by atoms with Gasteiger partial charge >= 0.3 is 0 Å². The normalized spacial score (nSPS) is 22.0. The van der Waals surface area contributed by atoms with Crippen molar-refractivity contribution in [2.45, 2.75) is 44.3 Å². The van der Waals surface area contributed by atoms with E-state index >= 15 is 0 Å². The van der Waals surface area contributed by atoms with Gasteiger partial charge in [-0.05, 0) is 20.0 Å². The zero-order valence-corrected chi connectivity index (χ0v) is 14.8. The molecule has 1 saturated heterocycles. The molecule has 1 aromatic heterocycles. The van der Waals surface area contributed by atoms with Gasteiger partial charge in [0.2, 0.25) is 10.0 Å². The maximum absolute atomic E-state index is 12.7. The van der Waals surface area contributed by atoms with Crippen LogP contribution >= 0.6 is 11.3 Å². The summed E-state index contributed by atoms with van der Waals surface area (Å²) in [7, 11) is -1.31. The molecule has 1 N–H and O–H groups in total. The van der Waals surface area contributed by atoms with E-state index in [-0.39, 0.29) is 6.04 Å². The fourth-order valence-corrected chi connectivity index (χ4v) is 5.00. The summed E-state index contributed by atoms with van der Waals surface area (Å²) in [6.45, 7) is 8.86. The average Bonchev–Trinajstić information content (AvgIpc) is 2.89. The molecule has 1 fully saturated rings. The van der Waals surface area contributed by atoms with Crippen molar-refractivity contribution in [1.82, 2.24) is 14.5 Å². The number of rotatable bonds is 5. The molecule has 0 aliphatic carbocycles. The molecule has 1 aliphatic rings. The van der Waals surface area contributed by atoms with E-state index in [1.165, 1.54) is 11.3 Å². The van der Waals surface area contributed by atoms with Gasteiger partial charge in [-0.2, -0.15) is 4.31 Å². The van der Waals surface area contributed by atoms with Crippen molar-refractivity contribution in [2.24, 2.45) is 0 Å². The molecule has 5 nitrogen and oxygen atoms in total. The van der Waals surface area contributed by atoms with Gasteiger partial charge in [0.25, 0.3) is 0 Å². The Labute approximate surface area is 132 Å². The highest BCUT2D eigenvalue weighted by molar-refractivity contribution is 7.89. The Kier molecular flexibility index (Phi) is 5.43. The molecule has 0 aromatic carbocycles. The number of piperazine rings is 1. The van der Waals surface area contributed by atoms with Gasteiger partial charge in [-0.25, -0.2) is 8.42 Å². The number of nitrogens with zero attached hydrogens (tertiary/aromatic N) is 2. The van der Waals surface area contributed by atoms with Crippen LogP contribution in [0.1, 0.15) is 25.6 Å². The van der Waals surface area contributed by atoms with Crippen molar-refractivity contribution in [3.05, 3.63) is 16.3 Å². The van der Waals surface area contributed by atoms with Crippen LogP contribution in [0.2, 0.25) is 0 Å². The first-order valence-electron chi connectivity index (χ1n) is 7.32. The summed E-state index contributed by atoms with van der Waals surface area (Å²) in [4.78, 5) is 3.69. The average molecular weight is 332 g/mol. The number of hydrogen-bond donors (Lipinski definition) is 1. The van der Waals surface area contributed by atoms with Gasteiger partial charge in [0.05, 0.1) is 4.90 Å². The predicted molar refractivity (Wildman–Crippen MR) is 87.1 cm³/mol. The SMILES string of the molecule is CC(C)NCc1cc(S(=O)(=O)N2CCN(C)C(C)C2)cs1. The van der Waals surface area contributed by atoms with Gasteiger partial charge in [-0.15, -0.1) is 11.3 Å². The van der Waals surface area contributed by atoms with E-state index in [0.717, 1.165) is 18.0 Å². The molecule has 2 rings (SSSR count). The second-order valence-electron chi connectivity index (χ2n) is 5.98. The summed E-state index contributed by atoms with van der Waals surface area (Å²) < 4.78 is 27.0. The number of sulfonamides is 1. The third kappa shape index (κ3) is 4.04. The van der Waals surface area contributed by atoms with Crippen LogP contribution in [0, 0.1) is 0 Å². The fourth-order valence-electron chi connectivity index (χ4n) is 2.28. The Balaban J connectivity index is 2.09. The van der Waals surface area contributed by atoms with Crippen molar-refractivity contribution in [3.63, 3.8) is 0 Å². The van der Waals surface area contributed by atoms with Crippen LogP contribution in [0.25, 0.3) is 0 Å². The van der Waals surface area contributed by atoms with E-state index in [1.54, 1.807) is 15.8 Å². The summed E-state index contributed by atoms with van der Waals surface area (Å²) in [6, 6.07) is 2.46. The molecule has 1 atom stereocenters. The second-order valence-corrected chi connectivity index (χ2v) is 8.91. The minimum atomic E-state index is -3.35. The maximum Gasteiger partial charge on any atom is 0.244 e. The van der Waals surface area contributed by atoms with Crippen LogP contribution in [-0.4, -0.2) is 56.4 Å². The standard InChI is InChI=1S/C14H25N3O2S2/c1-11(2)15-8-13-7-14(10-20-13)21(18,19)17-6-5-16(4)12(3)9-17/h7,10-12,15H,5-6,8-9H2,1-4H3. The molecule has 120 valence electrons. The lowest BCUT2D eigenvalue weighted by Crippen LogP contribution is -2.51. The highest BCUT2D eigenvalue weighted by Crippen LogP contribution is 2.24. The van der Waals surface area contributed by atoms with Crippen LogP contribution in [0.15, 0.2) is 16.3 Å². The summed E-state index contributed by atoms with van der Waals surface area (Å²) in [5.74, 6) is 0. The summed E-state index contributed by atoms with van der Waals surface area (Å²) >= 11 is 1.50. The van der Waals surface area contributed by atoms with Gasteiger partial charge < -0.3 is 10.2 Å². The van der Waals surface area contributed by atoms with Gasteiger partial charge in [0.1, 0.15) is 0 Å². The van der Waals surface area contributed by atoms with E-state index in [4.69, 9.17) is 0 Å². The first-order chi connectivity index (χ1) is 9.80. The molecule has 0 saturated carbocycles. The summed E-state index contributed by atoms with van der Waals surface area (Å²) in [6.07, 6.45) is 0. The van der Waals surface area contributed by atoms with Gasteiger partial charge in [-0.1, -0.05) is 13.8 Å². The van der Waals surface area contributed by atoms with Crippen LogP contribution in [0.5, 0.6) is 0 Å². The third-order valence-corrected chi connectivity index (χ3v) is 6.80. The molecule has 0 spiro atoms. The number of likely N-dealkylation sites (N-methyl/N-ethyl adjacent to an activating group) is 1. The lowest BCUT2D eigenvalue weighted by Gasteiger charge is -2.36. The number of hydrogen-bond acceptors (Lipinski definition) is 5. The molecule has 0 bridgehead atoms. The van der Waals surface area contributed by atoms with Crippen LogP contribution in [-0.2, 0) is 16.6 Å². The topological polar surface area (TPSA) is 52.7 Å². The van der Waals surface area contributed by atoms with Crippen LogP contribution in [0.4, 0.5) is 0 Å². The first-order valence-corrected chi connectivity index (χ1v) is 9.64. The highest BCUT2D eigenvalue weighted by atomic mass is 32.2. The number of nitrogens with one attached hydrogen (secondary N) is 1. The lowest BCUT2D eigenvalue weighted by atomic mass is 10.2. The molecule has 0 amide bonds. The second kappa shape index (κ2) is 6.75. The Morgan fingerprint density at radius 3 is 2.76 bits per heavy atom. The molecule has 1 aliphatic heterocycles. The van der Waals surface area contributed by atoms with Crippen molar-refractivity contribution < 1.29 is 8.42 Å². The smallest absolute Gasteiger partial charge is 0.244 e. The molecule has 7 heteroatoms. The Morgan fingerprint density at radius 2 is 2.14 bits per heavy atom. The predicted octanol–water partition coefficient (Wildman–Crippen LogP) is 1.57. The molecule has 1 aromatic rings. The molecule has 2 heterocycles. The Hall–Kier alpha value is -0.470. The Bertz CT molecular complexity index is 569. The number of thiophene rings is 1. The molecular weight excluding hydrogens is 306 g/mol.